The summed E-state index contributed by atoms with van der Waals surface area (Å²) in [6.07, 6.45) is -4.90. The van der Waals surface area contributed by atoms with Gasteiger partial charge in [-0.1, -0.05) is 30.3 Å². The van der Waals surface area contributed by atoms with Gasteiger partial charge in [-0.2, -0.15) is 0 Å². The number of alkyl halides is 3. The maximum Gasteiger partial charge on any atom is 0.573 e. The van der Waals surface area contributed by atoms with Crippen molar-refractivity contribution in [3.05, 3.63) is 54.1 Å². The van der Waals surface area contributed by atoms with Crippen LogP contribution in [0.2, 0.25) is 0 Å². The molecule has 0 atom stereocenters. The fourth-order valence-corrected chi connectivity index (χ4v) is 1.61. The van der Waals surface area contributed by atoms with Crippen LogP contribution < -0.4 is 4.74 Å². The summed E-state index contributed by atoms with van der Waals surface area (Å²) in [6, 6.07) is 8.23. The highest BCUT2D eigenvalue weighted by atomic mass is 19.4. The largest absolute Gasteiger partial charge is 0.573 e. The first-order chi connectivity index (χ1) is 8.88. The second-order valence-electron chi connectivity index (χ2n) is 3.65. The first-order valence-electron chi connectivity index (χ1n) is 5.17. The van der Waals surface area contributed by atoms with Crippen molar-refractivity contribution < 1.29 is 26.7 Å². The molecular weight excluding hydrogens is 267 g/mol. The van der Waals surface area contributed by atoms with Crippen molar-refractivity contribution in [2.75, 3.05) is 0 Å². The van der Waals surface area contributed by atoms with Crippen LogP contribution in [-0.4, -0.2) is 6.36 Å². The molecule has 0 aliphatic rings. The molecule has 2 aromatic carbocycles. The fourth-order valence-electron chi connectivity index (χ4n) is 1.61. The summed E-state index contributed by atoms with van der Waals surface area (Å²) in [5.41, 5.74) is -0.461. The van der Waals surface area contributed by atoms with Gasteiger partial charge < -0.3 is 4.74 Å². The lowest BCUT2D eigenvalue weighted by Gasteiger charge is -2.13. The van der Waals surface area contributed by atoms with Gasteiger partial charge in [0.05, 0.1) is 0 Å². The van der Waals surface area contributed by atoms with Gasteiger partial charge in [-0.25, -0.2) is 8.78 Å². The van der Waals surface area contributed by atoms with Crippen molar-refractivity contribution in [2.45, 2.75) is 6.36 Å². The average molecular weight is 274 g/mol. The normalized spacial score (nSPS) is 11.4. The highest BCUT2D eigenvalue weighted by molar-refractivity contribution is 5.71. The zero-order chi connectivity index (χ0) is 14.0. The van der Waals surface area contributed by atoms with Crippen LogP contribution in [0.5, 0.6) is 5.75 Å². The number of hydrogen-bond acceptors (Lipinski definition) is 1. The van der Waals surface area contributed by atoms with Crippen LogP contribution in [0.4, 0.5) is 22.0 Å². The van der Waals surface area contributed by atoms with Crippen LogP contribution in [0.1, 0.15) is 0 Å². The molecule has 0 amide bonds. The third-order valence-corrected chi connectivity index (χ3v) is 2.35. The van der Waals surface area contributed by atoms with E-state index in [1.54, 1.807) is 0 Å². The summed E-state index contributed by atoms with van der Waals surface area (Å²) in [5, 5.41) is 0. The van der Waals surface area contributed by atoms with E-state index in [0.29, 0.717) is 0 Å². The Labute approximate surface area is 105 Å². The van der Waals surface area contributed by atoms with Gasteiger partial charge >= 0.3 is 6.36 Å². The Morgan fingerprint density at radius 2 is 1.42 bits per heavy atom. The highest BCUT2D eigenvalue weighted by Crippen LogP contribution is 2.35. The highest BCUT2D eigenvalue weighted by Gasteiger charge is 2.32. The lowest BCUT2D eigenvalue weighted by Crippen LogP contribution is -2.17. The monoisotopic (exact) mass is 274 g/mol. The van der Waals surface area contributed by atoms with E-state index in [1.165, 1.54) is 30.3 Å². The Morgan fingerprint density at radius 3 is 2.11 bits per heavy atom. The van der Waals surface area contributed by atoms with Gasteiger partial charge in [-0.05, 0) is 12.1 Å². The molecule has 0 N–H and O–H groups in total. The summed E-state index contributed by atoms with van der Waals surface area (Å²) in [5.74, 6) is -2.94. The molecule has 0 heterocycles. The van der Waals surface area contributed by atoms with E-state index < -0.39 is 23.7 Å². The number of halogens is 5. The lowest BCUT2D eigenvalue weighted by atomic mass is 10.0. The molecule has 0 saturated heterocycles. The van der Waals surface area contributed by atoms with Gasteiger partial charge in [-0.15, -0.1) is 13.2 Å². The van der Waals surface area contributed by atoms with Crippen LogP contribution in [-0.2, 0) is 0 Å². The number of hydrogen-bond donors (Lipinski definition) is 0. The first kappa shape index (κ1) is 13.3. The Hall–Kier alpha value is -2.11. The molecule has 0 spiro atoms. The van der Waals surface area contributed by atoms with E-state index in [0.717, 1.165) is 12.1 Å². The van der Waals surface area contributed by atoms with Gasteiger partial charge in [0, 0.05) is 11.1 Å². The number of benzene rings is 2. The second kappa shape index (κ2) is 4.87. The molecule has 6 heteroatoms. The molecule has 2 rings (SSSR count). The van der Waals surface area contributed by atoms with Crippen molar-refractivity contribution in [2.24, 2.45) is 0 Å². The maximum absolute atomic E-state index is 13.6. The molecule has 0 aliphatic carbocycles. The Morgan fingerprint density at radius 1 is 0.789 bits per heavy atom. The van der Waals surface area contributed by atoms with E-state index in [1.807, 2.05) is 0 Å². The summed E-state index contributed by atoms with van der Waals surface area (Å²) < 4.78 is 67.2. The minimum atomic E-state index is -4.90. The molecule has 0 aromatic heterocycles. The Bertz CT molecular complexity index is 592. The summed E-state index contributed by atoms with van der Waals surface area (Å²) >= 11 is 0. The molecule has 0 unspecified atom stereocenters. The molecule has 0 aliphatic heterocycles. The minimum absolute atomic E-state index is 0.170. The summed E-state index contributed by atoms with van der Waals surface area (Å²) in [4.78, 5) is 0. The van der Waals surface area contributed by atoms with Crippen molar-refractivity contribution in [1.82, 2.24) is 0 Å². The second-order valence-corrected chi connectivity index (χ2v) is 3.65. The predicted molar refractivity (Wildman–Crippen MR) is 58.5 cm³/mol. The standard InChI is InChI=1S/C13H7F5O/c14-10-6-3-5-9(12(10)15)8-4-1-2-7-11(8)19-13(16,17)18/h1-7H. The number of rotatable bonds is 2. The van der Waals surface area contributed by atoms with Crippen molar-refractivity contribution in [3.63, 3.8) is 0 Å². The Balaban J connectivity index is 2.54. The van der Waals surface area contributed by atoms with E-state index in [9.17, 15) is 22.0 Å². The number of ether oxygens (including phenoxy) is 1. The smallest absolute Gasteiger partial charge is 0.405 e. The molecule has 0 fully saturated rings. The van der Waals surface area contributed by atoms with Crippen molar-refractivity contribution >= 4 is 0 Å². The quantitative estimate of drug-likeness (QED) is 0.731. The van der Waals surface area contributed by atoms with Gasteiger partial charge in [0.2, 0.25) is 0 Å². The van der Waals surface area contributed by atoms with E-state index >= 15 is 0 Å². The third-order valence-electron chi connectivity index (χ3n) is 2.35. The fraction of sp³-hybridized carbons (Fsp3) is 0.0769. The maximum atomic E-state index is 13.6. The molecule has 19 heavy (non-hydrogen) atoms. The van der Waals surface area contributed by atoms with Gasteiger partial charge in [-0.3, -0.25) is 0 Å². The zero-order valence-corrected chi connectivity index (χ0v) is 9.34. The molecule has 1 nitrogen and oxygen atoms in total. The molecular formula is C13H7F5O. The first-order valence-corrected chi connectivity index (χ1v) is 5.17. The van der Waals surface area contributed by atoms with Crippen LogP contribution in [0.15, 0.2) is 42.5 Å². The van der Waals surface area contributed by atoms with Crippen LogP contribution in [0.3, 0.4) is 0 Å². The lowest BCUT2D eigenvalue weighted by molar-refractivity contribution is -0.274. The third kappa shape index (κ3) is 3.01. The zero-order valence-electron chi connectivity index (χ0n) is 9.34. The van der Waals surface area contributed by atoms with E-state index in [2.05, 4.69) is 4.74 Å². The molecule has 2 aromatic rings. The molecule has 0 saturated carbocycles. The van der Waals surface area contributed by atoms with Crippen molar-refractivity contribution in [1.29, 1.82) is 0 Å². The van der Waals surface area contributed by atoms with Gasteiger partial charge in [0.25, 0.3) is 0 Å². The summed E-state index contributed by atoms with van der Waals surface area (Å²) in [7, 11) is 0. The topological polar surface area (TPSA) is 9.23 Å². The SMILES string of the molecule is Fc1cccc(-c2ccccc2OC(F)(F)F)c1F. The van der Waals surface area contributed by atoms with E-state index in [4.69, 9.17) is 0 Å². The minimum Gasteiger partial charge on any atom is -0.405 e. The Kier molecular flexibility index (Phi) is 3.42. The number of para-hydroxylation sites is 1. The predicted octanol–water partition coefficient (Wildman–Crippen LogP) is 4.53. The molecule has 100 valence electrons. The van der Waals surface area contributed by atoms with E-state index in [-0.39, 0.29) is 11.1 Å². The average Bonchev–Trinajstić information content (AvgIpc) is 2.32. The van der Waals surface area contributed by atoms with Crippen LogP contribution in [0, 0.1) is 11.6 Å². The van der Waals surface area contributed by atoms with Crippen LogP contribution in [0.25, 0.3) is 11.1 Å². The molecule has 0 radical (unpaired) electrons. The van der Waals surface area contributed by atoms with Gasteiger partial charge in [0.15, 0.2) is 11.6 Å². The molecule has 0 bridgehead atoms. The van der Waals surface area contributed by atoms with Crippen LogP contribution >= 0.6 is 0 Å². The van der Waals surface area contributed by atoms with Gasteiger partial charge in [0.1, 0.15) is 5.75 Å². The summed E-state index contributed by atoms with van der Waals surface area (Å²) in [6.45, 7) is 0. The van der Waals surface area contributed by atoms with Crippen molar-refractivity contribution in [3.8, 4) is 16.9 Å².